The lowest BCUT2D eigenvalue weighted by Gasteiger charge is -2.35. The Labute approximate surface area is 192 Å². The van der Waals surface area contributed by atoms with Gasteiger partial charge in [-0.05, 0) is 54.3 Å². The fraction of sp³-hybridized carbons (Fsp3) is 0.333. The van der Waals surface area contributed by atoms with E-state index >= 15 is 0 Å². The molecule has 0 spiro atoms. The third-order valence-electron chi connectivity index (χ3n) is 5.89. The van der Waals surface area contributed by atoms with E-state index < -0.39 is 23.5 Å². The van der Waals surface area contributed by atoms with Crippen LogP contribution in [0.25, 0.3) is 0 Å². The van der Waals surface area contributed by atoms with Crippen LogP contribution in [0.3, 0.4) is 0 Å². The molecule has 0 saturated carbocycles. The number of halogens is 6. The number of hydrogen-bond donors (Lipinski definition) is 1. The Kier molecular flexibility index (Phi) is 6.79. The van der Waals surface area contributed by atoms with Gasteiger partial charge in [-0.1, -0.05) is 18.2 Å². The first kappa shape index (κ1) is 24.0. The number of pyridine rings is 2. The van der Waals surface area contributed by atoms with Crippen molar-refractivity contribution in [2.75, 3.05) is 18.0 Å². The van der Waals surface area contributed by atoms with Crippen molar-refractivity contribution in [2.24, 2.45) is 0 Å². The number of alkyl halides is 6. The highest BCUT2D eigenvalue weighted by atomic mass is 19.4. The van der Waals surface area contributed by atoms with Gasteiger partial charge in [-0.25, -0.2) is 4.98 Å². The van der Waals surface area contributed by atoms with Gasteiger partial charge in [-0.2, -0.15) is 26.3 Å². The largest absolute Gasteiger partial charge is 0.417 e. The molecular weight excluding hydrogens is 458 g/mol. The van der Waals surface area contributed by atoms with Crippen LogP contribution in [-0.4, -0.2) is 29.1 Å². The summed E-state index contributed by atoms with van der Waals surface area (Å²) >= 11 is 0. The topological polar surface area (TPSA) is 41.0 Å². The molecule has 0 amide bonds. The number of hydrogen-bond acceptors (Lipinski definition) is 4. The number of aromatic nitrogens is 2. The predicted octanol–water partition coefficient (Wildman–Crippen LogP) is 5.86. The van der Waals surface area contributed by atoms with Crippen LogP contribution < -0.4 is 10.2 Å². The molecule has 4 rings (SSSR count). The molecule has 1 fully saturated rings. The van der Waals surface area contributed by atoms with Crippen LogP contribution >= 0.6 is 0 Å². The number of anilines is 1. The van der Waals surface area contributed by atoms with Crippen LogP contribution in [0.2, 0.25) is 0 Å². The molecule has 180 valence electrons. The van der Waals surface area contributed by atoms with Crippen molar-refractivity contribution in [2.45, 2.75) is 37.3 Å². The van der Waals surface area contributed by atoms with Gasteiger partial charge in [0.15, 0.2) is 0 Å². The summed E-state index contributed by atoms with van der Waals surface area (Å²) in [5.74, 6) is 0.484. The molecule has 0 bridgehead atoms. The first-order valence-electron chi connectivity index (χ1n) is 10.7. The van der Waals surface area contributed by atoms with Gasteiger partial charge in [0.25, 0.3) is 0 Å². The predicted molar refractivity (Wildman–Crippen MR) is 115 cm³/mol. The van der Waals surface area contributed by atoms with Gasteiger partial charge < -0.3 is 10.2 Å². The fourth-order valence-corrected chi connectivity index (χ4v) is 4.05. The standard InChI is InChI=1S/C24H22F6N4/c25-23(26,27)18-5-3-16(4-6-18)22(17-2-1-11-31-14-17)33-20-9-12-34(13-10-20)21-8-7-19(15-32-21)24(28,29)30/h1-8,11,14-15,20,22,33H,9-10,12-13H2. The average Bonchev–Trinajstić information content (AvgIpc) is 2.83. The molecule has 34 heavy (non-hydrogen) atoms. The summed E-state index contributed by atoms with van der Waals surface area (Å²) in [5.41, 5.74) is 0.0177. The quantitative estimate of drug-likeness (QED) is 0.465. The molecular formula is C24H22F6N4. The van der Waals surface area contributed by atoms with E-state index in [1.54, 1.807) is 18.5 Å². The van der Waals surface area contributed by atoms with Crippen molar-refractivity contribution in [3.8, 4) is 0 Å². The summed E-state index contributed by atoms with van der Waals surface area (Å²) in [5, 5.41) is 3.53. The molecule has 1 aromatic carbocycles. The SMILES string of the molecule is FC(F)(F)c1ccc(C(NC2CCN(c3ccc(C(F)(F)F)cn3)CC2)c2cccnc2)cc1. The molecule has 1 unspecified atom stereocenters. The van der Waals surface area contributed by atoms with Crippen LogP contribution in [0.4, 0.5) is 32.2 Å². The summed E-state index contributed by atoms with van der Waals surface area (Å²) in [7, 11) is 0. The maximum Gasteiger partial charge on any atom is 0.417 e. The highest BCUT2D eigenvalue weighted by molar-refractivity contribution is 5.40. The van der Waals surface area contributed by atoms with Gasteiger partial charge in [-0.3, -0.25) is 4.98 Å². The van der Waals surface area contributed by atoms with E-state index in [9.17, 15) is 26.3 Å². The van der Waals surface area contributed by atoms with Crippen molar-refractivity contribution < 1.29 is 26.3 Å². The molecule has 0 aliphatic carbocycles. The number of nitrogens with zero attached hydrogens (tertiary/aromatic N) is 3. The summed E-state index contributed by atoms with van der Waals surface area (Å²) in [6.07, 6.45) is -3.31. The molecule has 1 aliphatic rings. The highest BCUT2D eigenvalue weighted by Crippen LogP contribution is 2.32. The summed E-state index contributed by atoms with van der Waals surface area (Å²) in [4.78, 5) is 10.0. The zero-order chi connectivity index (χ0) is 24.3. The molecule has 1 atom stereocenters. The summed E-state index contributed by atoms with van der Waals surface area (Å²) < 4.78 is 77.3. The highest BCUT2D eigenvalue weighted by Gasteiger charge is 2.32. The Morgan fingerprint density at radius 1 is 0.794 bits per heavy atom. The zero-order valence-electron chi connectivity index (χ0n) is 17.9. The molecule has 1 aliphatic heterocycles. The Hall–Kier alpha value is -3.14. The minimum absolute atomic E-state index is 0.0539. The van der Waals surface area contributed by atoms with Gasteiger partial charge in [0.2, 0.25) is 0 Å². The van der Waals surface area contributed by atoms with Gasteiger partial charge in [0.1, 0.15) is 5.82 Å². The van der Waals surface area contributed by atoms with Crippen molar-refractivity contribution >= 4 is 5.82 Å². The first-order valence-corrected chi connectivity index (χ1v) is 10.7. The molecule has 0 radical (unpaired) electrons. The second-order valence-corrected chi connectivity index (χ2v) is 8.17. The lowest BCUT2D eigenvalue weighted by atomic mass is 9.95. The normalized spacial score (nSPS) is 16.5. The van der Waals surface area contributed by atoms with E-state index in [4.69, 9.17) is 0 Å². The van der Waals surface area contributed by atoms with E-state index in [1.807, 2.05) is 11.0 Å². The third kappa shape index (κ3) is 5.67. The van der Waals surface area contributed by atoms with Gasteiger partial charge in [-0.15, -0.1) is 0 Å². The lowest BCUT2D eigenvalue weighted by Crippen LogP contribution is -2.44. The molecule has 1 saturated heterocycles. The minimum Gasteiger partial charge on any atom is -0.357 e. The second kappa shape index (κ2) is 9.61. The van der Waals surface area contributed by atoms with Gasteiger partial charge in [0.05, 0.1) is 17.2 Å². The Morgan fingerprint density at radius 3 is 1.97 bits per heavy atom. The molecule has 3 heterocycles. The van der Waals surface area contributed by atoms with Crippen molar-refractivity contribution in [1.82, 2.24) is 15.3 Å². The second-order valence-electron chi connectivity index (χ2n) is 8.17. The number of benzene rings is 1. The molecule has 4 nitrogen and oxygen atoms in total. The monoisotopic (exact) mass is 480 g/mol. The summed E-state index contributed by atoms with van der Waals surface area (Å²) in [6.45, 7) is 1.17. The van der Waals surface area contributed by atoms with Gasteiger partial charge >= 0.3 is 12.4 Å². The third-order valence-corrected chi connectivity index (χ3v) is 5.89. The number of nitrogens with one attached hydrogen (secondary N) is 1. The first-order chi connectivity index (χ1) is 16.1. The van der Waals surface area contributed by atoms with Crippen molar-refractivity contribution in [1.29, 1.82) is 0 Å². The minimum atomic E-state index is -4.43. The Bertz CT molecular complexity index is 1060. The number of rotatable bonds is 5. The molecule has 3 aromatic rings. The van der Waals surface area contributed by atoms with Crippen molar-refractivity contribution in [3.63, 3.8) is 0 Å². The zero-order valence-corrected chi connectivity index (χ0v) is 17.9. The van der Waals surface area contributed by atoms with Crippen LogP contribution in [0.5, 0.6) is 0 Å². The van der Waals surface area contributed by atoms with Crippen LogP contribution in [0, 0.1) is 0 Å². The average molecular weight is 480 g/mol. The Morgan fingerprint density at radius 2 is 1.44 bits per heavy atom. The van der Waals surface area contributed by atoms with Crippen LogP contribution in [-0.2, 0) is 12.4 Å². The molecule has 10 heteroatoms. The lowest BCUT2D eigenvalue weighted by molar-refractivity contribution is -0.138. The van der Waals surface area contributed by atoms with Gasteiger partial charge in [0, 0.05) is 37.7 Å². The van der Waals surface area contributed by atoms with Crippen LogP contribution in [0.1, 0.15) is 41.1 Å². The van der Waals surface area contributed by atoms with E-state index in [2.05, 4.69) is 15.3 Å². The molecule has 2 aromatic heterocycles. The van der Waals surface area contributed by atoms with E-state index in [1.165, 1.54) is 18.2 Å². The van der Waals surface area contributed by atoms with Crippen molar-refractivity contribution in [3.05, 3.63) is 89.4 Å². The smallest absolute Gasteiger partial charge is 0.357 e. The maximum absolute atomic E-state index is 13.0. The van der Waals surface area contributed by atoms with E-state index in [0.29, 0.717) is 37.3 Å². The van der Waals surface area contributed by atoms with Crippen LogP contribution in [0.15, 0.2) is 67.1 Å². The van der Waals surface area contributed by atoms with E-state index in [-0.39, 0.29) is 12.1 Å². The Balaban J connectivity index is 1.45. The number of piperidine rings is 1. The van der Waals surface area contributed by atoms with E-state index in [0.717, 1.165) is 30.0 Å². The summed E-state index contributed by atoms with van der Waals surface area (Å²) in [6, 6.07) is 10.8. The maximum atomic E-state index is 13.0. The fourth-order valence-electron chi connectivity index (χ4n) is 4.05. The molecule has 1 N–H and O–H groups in total.